The Balaban J connectivity index is 5.22. The molecular weight excluding hydrogens is 1040 g/mol. The second-order valence-electron chi connectivity index (χ2n) is 22.1. The number of aliphatic hydroxyl groups is 1. The topological polar surface area (TPSA) is 237 Å². The standard InChI is InChI=1S/C59H114O17P2/c1-7-10-12-14-16-24-31-37-43-58(63)75-54(47-69-56(61)41-35-29-21-15-13-11-8-2)49-73-77(65,66)71-45-53(60)46-72-78(67,68)74-50-55(48-70-57(62)42-36-30-25-19-17-22-27-33-39-51(4)5)76-59(64)44-38-32-26-20-18-23-28-34-40-52(6)9-3/h51-55,60H,7-50H2,1-6H3,(H,65,66)(H,67,68)/t52?,53-,54+,55+/m0/s1. The number of esters is 4. The van der Waals surface area contributed by atoms with Gasteiger partial charge in [0.25, 0.3) is 0 Å². The van der Waals surface area contributed by atoms with Crippen LogP contribution in [0, 0.1) is 11.8 Å². The summed E-state index contributed by atoms with van der Waals surface area (Å²) in [6.45, 7) is 9.35. The molecule has 0 bridgehead atoms. The number of hydrogen-bond acceptors (Lipinski definition) is 15. The van der Waals surface area contributed by atoms with Gasteiger partial charge in [-0.2, -0.15) is 0 Å². The van der Waals surface area contributed by atoms with Gasteiger partial charge in [0.15, 0.2) is 12.2 Å². The van der Waals surface area contributed by atoms with Gasteiger partial charge in [0.1, 0.15) is 19.3 Å². The van der Waals surface area contributed by atoms with Crippen LogP contribution in [-0.2, 0) is 65.4 Å². The fourth-order valence-electron chi connectivity index (χ4n) is 8.61. The van der Waals surface area contributed by atoms with E-state index in [1.165, 1.54) is 83.5 Å². The molecular formula is C59H114O17P2. The molecule has 462 valence electrons. The van der Waals surface area contributed by atoms with Crippen LogP contribution in [0.2, 0.25) is 0 Å². The van der Waals surface area contributed by atoms with E-state index in [1.807, 2.05) is 0 Å². The molecule has 0 aliphatic rings. The number of ether oxygens (including phenoxy) is 4. The number of unbranched alkanes of at least 4 members (excludes halogenated alkanes) is 27. The Labute approximate surface area is 473 Å². The molecule has 0 aromatic rings. The Morgan fingerprint density at radius 3 is 0.974 bits per heavy atom. The van der Waals surface area contributed by atoms with Crippen LogP contribution < -0.4 is 0 Å². The summed E-state index contributed by atoms with van der Waals surface area (Å²) in [5.41, 5.74) is 0. The van der Waals surface area contributed by atoms with E-state index >= 15 is 0 Å². The predicted molar refractivity (Wildman–Crippen MR) is 308 cm³/mol. The fraction of sp³-hybridized carbons (Fsp3) is 0.932. The Morgan fingerprint density at radius 1 is 0.372 bits per heavy atom. The Hall–Kier alpha value is -1.94. The van der Waals surface area contributed by atoms with E-state index in [1.54, 1.807) is 0 Å². The lowest BCUT2D eigenvalue weighted by Crippen LogP contribution is -2.30. The molecule has 78 heavy (non-hydrogen) atoms. The highest BCUT2D eigenvalue weighted by atomic mass is 31.2. The van der Waals surface area contributed by atoms with Gasteiger partial charge in [0.05, 0.1) is 26.4 Å². The van der Waals surface area contributed by atoms with Gasteiger partial charge in [-0.15, -0.1) is 0 Å². The fourth-order valence-corrected chi connectivity index (χ4v) is 10.2. The van der Waals surface area contributed by atoms with E-state index in [-0.39, 0.29) is 25.7 Å². The molecule has 6 atom stereocenters. The molecule has 0 aliphatic carbocycles. The average molecular weight is 1160 g/mol. The quantitative estimate of drug-likeness (QED) is 0.0222. The summed E-state index contributed by atoms with van der Waals surface area (Å²) in [6, 6.07) is 0. The van der Waals surface area contributed by atoms with Crippen LogP contribution in [0.25, 0.3) is 0 Å². The van der Waals surface area contributed by atoms with Gasteiger partial charge in [-0.3, -0.25) is 37.3 Å². The van der Waals surface area contributed by atoms with Crippen LogP contribution in [0.4, 0.5) is 0 Å². The van der Waals surface area contributed by atoms with Crippen molar-refractivity contribution in [1.29, 1.82) is 0 Å². The first-order valence-electron chi connectivity index (χ1n) is 31.0. The maximum Gasteiger partial charge on any atom is 0.472 e. The summed E-state index contributed by atoms with van der Waals surface area (Å²) >= 11 is 0. The lowest BCUT2D eigenvalue weighted by atomic mass is 9.99. The van der Waals surface area contributed by atoms with Gasteiger partial charge in [-0.25, -0.2) is 9.13 Å². The summed E-state index contributed by atoms with van der Waals surface area (Å²) in [5.74, 6) is -0.653. The van der Waals surface area contributed by atoms with Crippen LogP contribution >= 0.6 is 15.6 Å². The van der Waals surface area contributed by atoms with Gasteiger partial charge < -0.3 is 33.8 Å². The Morgan fingerprint density at radius 2 is 0.654 bits per heavy atom. The van der Waals surface area contributed by atoms with E-state index < -0.39 is 97.5 Å². The molecule has 0 aromatic heterocycles. The van der Waals surface area contributed by atoms with Crippen molar-refractivity contribution >= 4 is 39.5 Å². The molecule has 0 heterocycles. The van der Waals surface area contributed by atoms with Crippen molar-refractivity contribution in [3.8, 4) is 0 Å². The zero-order chi connectivity index (χ0) is 58.0. The molecule has 3 unspecified atom stereocenters. The largest absolute Gasteiger partial charge is 0.472 e. The molecule has 0 saturated carbocycles. The maximum atomic E-state index is 12.9. The first-order valence-corrected chi connectivity index (χ1v) is 34.0. The second-order valence-corrected chi connectivity index (χ2v) is 25.0. The van der Waals surface area contributed by atoms with Gasteiger partial charge in [0, 0.05) is 25.7 Å². The Kier molecular flexibility index (Phi) is 50.6. The van der Waals surface area contributed by atoms with Crippen LogP contribution in [0.5, 0.6) is 0 Å². The zero-order valence-electron chi connectivity index (χ0n) is 50.0. The molecule has 0 radical (unpaired) electrons. The minimum Gasteiger partial charge on any atom is -0.462 e. The van der Waals surface area contributed by atoms with Crippen molar-refractivity contribution in [3.63, 3.8) is 0 Å². The third-order valence-electron chi connectivity index (χ3n) is 13.8. The number of rotatable bonds is 58. The van der Waals surface area contributed by atoms with E-state index in [0.29, 0.717) is 25.7 Å². The van der Waals surface area contributed by atoms with Crippen molar-refractivity contribution in [2.75, 3.05) is 39.6 Å². The van der Waals surface area contributed by atoms with Crippen LogP contribution in [0.1, 0.15) is 286 Å². The highest BCUT2D eigenvalue weighted by Crippen LogP contribution is 2.45. The lowest BCUT2D eigenvalue weighted by Gasteiger charge is -2.21. The van der Waals surface area contributed by atoms with Crippen molar-refractivity contribution in [2.24, 2.45) is 11.8 Å². The second kappa shape index (κ2) is 51.9. The number of phosphoric acid groups is 2. The lowest BCUT2D eigenvalue weighted by molar-refractivity contribution is -0.161. The molecule has 0 aliphatic heterocycles. The van der Waals surface area contributed by atoms with Gasteiger partial charge in [-0.05, 0) is 37.5 Å². The molecule has 3 N–H and O–H groups in total. The highest BCUT2D eigenvalue weighted by Gasteiger charge is 2.30. The SMILES string of the molecule is CCCCCCCCCCC(=O)O[C@H](COC(=O)CCCCCCCCC)COP(=O)(O)OC[C@H](O)COP(=O)(O)OC[C@@H](COC(=O)CCCCCCCCCCC(C)C)OC(=O)CCCCCCCCCCC(C)CC. The van der Waals surface area contributed by atoms with Crippen LogP contribution in [-0.4, -0.2) is 96.7 Å². The third kappa shape index (κ3) is 52.2. The van der Waals surface area contributed by atoms with Crippen molar-refractivity contribution < 1.29 is 80.2 Å². The third-order valence-corrected chi connectivity index (χ3v) is 15.7. The highest BCUT2D eigenvalue weighted by molar-refractivity contribution is 7.47. The zero-order valence-corrected chi connectivity index (χ0v) is 51.7. The van der Waals surface area contributed by atoms with Crippen molar-refractivity contribution in [3.05, 3.63) is 0 Å². The Bertz CT molecular complexity index is 1550. The summed E-state index contributed by atoms with van der Waals surface area (Å²) in [5, 5.41) is 10.5. The molecule has 0 fully saturated rings. The van der Waals surface area contributed by atoms with E-state index in [2.05, 4.69) is 41.5 Å². The molecule has 0 aromatic carbocycles. The minimum absolute atomic E-state index is 0.104. The van der Waals surface area contributed by atoms with Crippen LogP contribution in [0.15, 0.2) is 0 Å². The molecule has 0 amide bonds. The number of hydrogen-bond donors (Lipinski definition) is 3. The first-order chi connectivity index (χ1) is 37.4. The molecule has 0 spiro atoms. The summed E-state index contributed by atoms with van der Waals surface area (Å²) < 4.78 is 67.6. The van der Waals surface area contributed by atoms with Gasteiger partial charge in [0.2, 0.25) is 0 Å². The monoisotopic (exact) mass is 1160 g/mol. The van der Waals surface area contributed by atoms with E-state index in [0.717, 1.165) is 121 Å². The van der Waals surface area contributed by atoms with Crippen molar-refractivity contribution in [2.45, 2.75) is 304 Å². The van der Waals surface area contributed by atoms with Gasteiger partial charge >= 0.3 is 39.5 Å². The number of carbonyl (C=O) groups excluding carboxylic acids is 4. The smallest absolute Gasteiger partial charge is 0.462 e. The summed E-state index contributed by atoms with van der Waals surface area (Å²) in [4.78, 5) is 71.8. The minimum atomic E-state index is -4.94. The van der Waals surface area contributed by atoms with Crippen LogP contribution in [0.3, 0.4) is 0 Å². The molecule has 0 rings (SSSR count). The van der Waals surface area contributed by atoms with E-state index in [4.69, 9.17) is 37.0 Å². The average Bonchev–Trinajstić information content (AvgIpc) is 3.40. The number of carbonyl (C=O) groups is 4. The predicted octanol–water partition coefficient (Wildman–Crippen LogP) is 15.7. The maximum absolute atomic E-state index is 12.9. The molecule has 17 nitrogen and oxygen atoms in total. The molecule has 19 heteroatoms. The summed E-state index contributed by atoms with van der Waals surface area (Å²) in [6.07, 6.45) is 32.2. The molecule has 0 saturated heterocycles. The normalized spacial score (nSPS) is 14.8. The van der Waals surface area contributed by atoms with Gasteiger partial charge in [-0.1, -0.05) is 234 Å². The van der Waals surface area contributed by atoms with E-state index in [9.17, 15) is 43.2 Å². The first kappa shape index (κ1) is 76.1. The van der Waals surface area contributed by atoms with Crippen molar-refractivity contribution in [1.82, 2.24) is 0 Å². The number of aliphatic hydroxyl groups excluding tert-OH is 1. The number of phosphoric ester groups is 2. The summed E-state index contributed by atoms with van der Waals surface area (Å²) in [7, 11) is -9.87.